The summed E-state index contributed by atoms with van der Waals surface area (Å²) in [6, 6.07) is 28.3. The van der Waals surface area contributed by atoms with E-state index in [0.29, 0.717) is 23.6 Å². The van der Waals surface area contributed by atoms with Gasteiger partial charge in [-0.05, 0) is 60.9 Å². The number of carbonyl (C=O) groups is 2. The standard InChI is InChI=1S/C34H35Cl2N3O4S/c1-3-20-37-34(41)32(22-26-10-5-4-6-11-26)38(23-27-12-9-13-28(35)21-27)33(40)24-39(31-15-8-7-14-30(31)36)44(42,43)29-18-16-25(2)17-19-29/h4-19,21,32H,3,20,22-24H2,1-2H3,(H,37,41). The van der Waals surface area contributed by atoms with Crippen molar-refractivity contribution in [2.45, 2.75) is 44.2 Å². The summed E-state index contributed by atoms with van der Waals surface area (Å²) in [6.07, 6.45) is 0.931. The van der Waals surface area contributed by atoms with Gasteiger partial charge >= 0.3 is 0 Å². The van der Waals surface area contributed by atoms with E-state index in [9.17, 15) is 18.0 Å². The minimum Gasteiger partial charge on any atom is -0.354 e. The number of amides is 2. The maximum Gasteiger partial charge on any atom is 0.264 e. The molecule has 0 fully saturated rings. The van der Waals surface area contributed by atoms with E-state index in [2.05, 4.69) is 5.32 Å². The summed E-state index contributed by atoms with van der Waals surface area (Å²) in [5.74, 6) is -0.912. The predicted octanol–water partition coefficient (Wildman–Crippen LogP) is 6.66. The Hall–Kier alpha value is -3.85. The average Bonchev–Trinajstić information content (AvgIpc) is 3.01. The van der Waals surface area contributed by atoms with Crippen LogP contribution in [0.3, 0.4) is 0 Å². The maximum absolute atomic E-state index is 14.4. The van der Waals surface area contributed by atoms with Crippen LogP contribution in [0.4, 0.5) is 5.69 Å². The van der Waals surface area contributed by atoms with E-state index in [1.807, 2.05) is 50.2 Å². The number of sulfonamides is 1. The van der Waals surface area contributed by atoms with Crippen molar-refractivity contribution in [2.75, 3.05) is 17.4 Å². The molecule has 1 atom stereocenters. The maximum atomic E-state index is 14.4. The molecular formula is C34H35Cl2N3O4S. The first-order valence-electron chi connectivity index (χ1n) is 14.3. The highest BCUT2D eigenvalue weighted by atomic mass is 35.5. The molecule has 7 nitrogen and oxygen atoms in total. The van der Waals surface area contributed by atoms with E-state index in [1.165, 1.54) is 17.0 Å². The second kappa shape index (κ2) is 15.2. The summed E-state index contributed by atoms with van der Waals surface area (Å²) in [6.45, 7) is 3.66. The molecule has 2 amide bonds. The summed E-state index contributed by atoms with van der Waals surface area (Å²) in [4.78, 5) is 29.6. The Morgan fingerprint density at radius 1 is 0.841 bits per heavy atom. The van der Waals surface area contributed by atoms with Gasteiger partial charge < -0.3 is 10.2 Å². The van der Waals surface area contributed by atoms with Crippen molar-refractivity contribution >= 4 is 50.7 Å². The van der Waals surface area contributed by atoms with E-state index in [4.69, 9.17) is 23.2 Å². The molecule has 4 aromatic carbocycles. The zero-order valence-corrected chi connectivity index (χ0v) is 26.9. The Morgan fingerprint density at radius 2 is 1.50 bits per heavy atom. The molecule has 0 aliphatic rings. The van der Waals surface area contributed by atoms with Gasteiger partial charge in [0.25, 0.3) is 10.0 Å². The van der Waals surface area contributed by atoms with Gasteiger partial charge in [-0.3, -0.25) is 13.9 Å². The molecule has 0 bridgehead atoms. The van der Waals surface area contributed by atoms with Gasteiger partial charge in [0.2, 0.25) is 11.8 Å². The Balaban J connectivity index is 1.80. The molecule has 0 aromatic heterocycles. The fourth-order valence-electron chi connectivity index (χ4n) is 4.76. The lowest BCUT2D eigenvalue weighted by Gasteiger charge is -2.34. The van der Waals surface area contributed by atoms with Gasteiger partial charge in [0.1, 0.15) is 12.6 Å². The lowest BCUT2D eigenvalue weighted by atomic mass is 10.0. The minimum absolute atomic E-state index is 0.0127. The number of benzene rings is 4. The number of carbonyl (C=O) groups excluding carboxylic acids is 2. The molecule has 230 valence electrons. The normalized spacial score (nSPS) is 11.9. The van der Waals surface area contributed by atoms with E-state index in [0.717, 1.165) is 15.4 Å². The molecule has 0 spiro atoms. The molecular weight excluding hydrogens is 617 g/mol. The molecule has 0 aliphatic carbocycles. The molecule has 0 heterocycles. The highest BCUT2D eigenvalue weighted by Gasteiger charge is 2.35. The fraction of sp³-hybridized carbons (Fsp3) is 0.235. The molecule has 1 unspecified atom stereocenters. The van der Waals surface area contributed by atoms with Crippen molar-refractivity contribution in [1.29, 1.82) is 0 Å². The Morgan fingerprint density at radius 3 is 2.16 bits per heavy atom. The SMILES string of the molecule is CCCNC(=O)C(Cc1ccccc1)N(Cc1cccc(Cl)c1)C(=O)CN(c1ccccc1Cl)S(=O)(=O)c1ccc(C)cc1. The van der Waals surface area contributed by atoms with Crippen LogP contribution in [0.2, 0.25) is 10.0 Å². The van der Waals surface area contributed by atoms with E-state index in [-0.39, 0.29) is 34.5 Å². The van der Waals surface area contributed by atoms with Gasteiger partial charge in [-0.2, -0.15) is 0 Å². The van der Waals surface area contributed by atoms with Crippen LogP contribution in [-0.4, -0.2) is 44.3 Å². The molecule has 0 saturated heterocycles. The quantitative estimate of drug-likeness (QED) is 0.175. The summed E-state index contributed by atoms with van der Waals surface area (Å²) in [5, 5.41) is 3.57. The number of hydrogen-bond acceptors (Lipinski definition) is 4. The molecule has 0 saturated carbocycles. The first-order chi connectivity index (χ1) is 21.1. The van der Waals surface area contributed by atoms with Crippen LogP contribution in [0.5, 0.6) is 0 Å². The van der Waals surface area contributed by atoms with Gasteiger partial charge in [-0.15, -0.1) is 0 Å². The van der Waals surface area contributed by atoms with Crippen LogP contribution in [0.1, 0.15) is 30.0 Å². The molecule has 0 aliphatic heterocycles. The second-order valence-electron chi connectivity index (χ2n) is 10.4. The number of hydrogen-bond donors (Lipinski definition) is 1. The van der Waals surface area contributed by atoms with Crippen molar-refractivity contribution in [3.8, 4) is 0 Å². The lowest BCUT2D eigenvalue weighted by Crippen LogP contribution is -2.53. The smallest absolute Gasteiger partial charge is 0.264 e. The largest absolute Gasteiger partial charge is 0.354 e. The number of aryl methyl sites for hydroxylation is 1. The second-order valence-corrected chi connectivity index (χ2v) is 13.1. The van der Waals surface area contributed by atoms with Gasteiger partial charge in [0.15, 0.2) is 0 Å². The number of nitrogens with one attached hydrogen (secondary N) is 1. The minimum atomic E-state index is -4.24. The Bertz CT molecular complexity index is 1680. The van der Waals surface area contributed by atoms with Crippen molar-refractivity contribution < 1.29 is 18.0 Å². The fourth-order valence-corrected chi connectivity index (χ4v) is 6.69. The van der Waals surface area contributed by atoms with Crippen molar-refractivity contribution in [1.82, 2.24) is 10.2 Å². The monoisotopic (exact) mass is 651 g/mol. The third-order valence-electron chi connectivity index (χ3n) is 7.07. The van der Waals surface area contributed by atoms with E-state index in [1.54, 1.807) is 54.6 Å². The topological polar surface area (TPSA) is 86.8 Å². The van der Waals surface area contributed by atoms with Crippen molar-refractivity contribution in [2.24, 2.45) is 0 Å². The molecule has 1 N–H and O–H groups in total. The van der Waals surface area contributed by atoms with Crippen molar-refractivity contribution in [3.63, 3.8) is 0 Å². The van der Waals surface area contributed by atoms with Crippen LogP contribution < -0.4 is 9.62 Å². The summed E-state index contributed by atoms with van der Waals surface area (Å²) in [7, 11) is -4.24. The van der Waals surface area contributed by atoms with Crippen LogP contribution in [0.15, 0.2) is 108 Å². The van der Waals surface area contributed by atoms with Gasteiger partial charge in [-0.25, -0.2) is 8.42 Å². The third-order valence-corrected chi connectivity index (χ3v) is 9.40. The van der Waals surface area contributed by atoms with E-state index >= 15 is 0 Å². The zero-order valence-electron chi connectivity index (χ0n) is 24.6. The summed E-state index contributed by atoms with van der Waals surface area (Å²) >= 11 is 12.8. The number of para-hydroxylation sites is 1. The van der Waals surface area contributed by atoms with Crippen LogP contribution in [0, 0.1) is 6.92 Å². The highest BCUT2D eigenvalue weighted by Crippen LogP contribution is 2.31. The van der Waals surface area contributed by atoms with Crippen LogP contribution in [0.25, 0.3) is 0 Å². The van der Waals surface area contributed by atoms with Crippen LogP contribution in [-0.2, 0) is 32.6 Å². The summed E-state index contributed by atoms with van der Waals surface area (Å²) in [5.41, 5.74) is 2.58. The molecule has 0 radical (unpaired) electrons. The zero-order chi connectivity index (χ0) is 31.7. The first kappa shape index (κ1) is 33.1. The predicted molar refractivity (Wildman–Crippen MR) is 176 cm³/mol. The van der Waals surface area contributed by atoms with Gasteiger partial charge in [0.05, 0.1) is 15.6 Å². The number of rotatable bonds is 13. The molecule has 4 rings (SSSR count). The Labute approximate surface area is 269 Å². The third kappa shape index (κ3) is 8.40. The van der Waals surface area contributed by atoms with Gasteiger partial charge in [0, 0.05) is 24.5 Å². The van der Waals surface area contributed by atoms with E-state index < -0.39 is 28.5 Å². The highest BCUT2D eigenvalue weighted by molar-refractivity contribution is 7.92. The first-order valence-corrected chi connectivity index (χ1v) is 16.5. The average molecular weight is 653 g/mol. The molecule has 44 heavy (non-hydrogen) atoms. The lowest BCUT2D eigenvalue weighted by molar-refractivity contribution is -0.140. The number of nitrogens with zero attached hydrogens (tertiary/aromatic N) is 2. The van der Waals surface area contributed by atoms with Crippen LogP contribution >= 0.6 is 23.2 Å². The summed E-state index contributed by atoms with van der Waals surface area (Å²) < 4.78 is 29.2. The number of halogens is 2. The van der Waals surface area contributed by atoms with Crippen molar-refractivity contribution in [3.05, 3.63) is 130 Å². The molecule has 10 heteroatoms. The van der Waals surface area contributed by atoms with Gasteiger partial charge in [-0.1, -0.05) is 102 Å². The Kier molecular flexibility index (Phi) is 11.4. The molecule has 4 aromatic rings. The number of anilines is 1.